The number of nitrogens with one attached hydrogen (secondary N) is 1. The summed E-state index contributed by atoms with van der Waals surface area (Å²) in [6.45, 7) is 3.31. The second-order valence-corrected chi connectivity index (χ2v) is 3.01. The van der Waals surface area contributed by atoms with Crippen molar-refractivity contribution in [3.63, 3.8) is 0 Å². The van der Waals surface area contributed by atoms with Gasteiger partial charge in [0.05, 0.1) is 17.7 Å². The fourth-order valence-corrected chi connectivity index (χ4v) is 1.36. The summed E-state index contributed by atoms with van der Waals surface area (Å²) in [5.41, 5.74) is -0.180. The Bertz CT molecular complexity index is 482. The molecule has 0 aliphatic carbocycles. The normalized spacial score (nSPS) is 9.56. The molecule has 0 unspecified atom stereocenters. The molecule has 0 fully saturated rings. The summed E-state index contributed by atoms with van der Waals surface area (Å²) in [4.78, 5) is 24.8. The van der Waals surface area contributed by atoms with Crippen LogP contribution in [0.5, 0.6) is 0 Å². The molecular weight excluding hydrogens is 212 g/mol. The molecule has 6 nitrogen and oxygen atoms in total. The lowest BCUT2D eigenvalue weighted by atomic mass is 10.1. The molecule has 6 heteroatoms. The summed E-state index contributed by atoms with van der Waals surface area (Å²) in [6.07, 6.45) is 0. The van der Waals surface area contributed by atoms with Crippen LogP contribution in [-0.2, 0) is 4.74 Å². The second kappa shape index (κ2) is 4.49. The van der Waals surface area contributed by atoms with Gasteiger partial charge in [-0.25, -0.2) is 9.59 Å². The van der Waals surface area contributed by atoms with E-state index >= 15 is 0 Å². The summed E-state index contributed by atoms with van der Waals surface area (Å²) >= 11 is 0. The van der Waals surface area contributed by atoms with Gasteiger partial charge in [-0.15, -0.1) is 0 Å². The number of carbonyl (C=O) groups excluding carboxylic acids is 1. The van der Waals surface area contributed by atoms with Gasteiger partial charge in [-0.3, -0.25) is 0 Å². The third-order valence-electron chi connectivity index (χ3n) is 1.99. The predicted octanol–water partition coefficient (Wildman–Crippen LogP) is 1.07. The van der Waals surface area contributed by atoms with Crippen molar-refractivity contribution in [3.05, 3.63) is 22.5 Å². The number of aromatic carboxylic acids is 1. The van der Waals surface area contributed by atoms with Crippen molar-refractivity contribution in [1.82, 2.24) is 4.98 Å². The first-order chi connectivity index (χ1) is 7.52. The van der Waals surface area contributed by atoms with Gasteiger partial charge in [0.25, 0.3) is 0 Å². The number of aromatic nitrogens is 1. The van der Waals surface area contributed by atoms with Gasteiger partial charge in [-0.1, -0.05) is 0 Å². The maximum atomic E-state index is 11.5. The average Bonchev–Trinajstić information content (AvgIpc) is 2.55. The molecule has 0 spiro atoms. The molecule has 1 rings (SSSR count). The fraction of sp³-hybridized carbons (Fsp3) is 0.300. The number of nitriles is 1. The molecule has 0 saturated carbocycles. The van der Waals surface area contributed by atoms with Gasteiger partial charge >= 0.3 is 11.9 Å². The first kappa shape index (κ1) is 11.8. The molecule has 1 heterocycles. The molecule has 2 N–H and O–H groups in total. The number of carboxylic acids is 1. The number of aryl methyl sites for hydroxylation is 1. The van der Waals surface area contributed by atoms with Crippen molar-refractivity contribution in [3.8, 4) is 6.07 Å². The Morgan fingerprint density at radius 2 is 2.19 bits per heavy atom. The monoisotopic (exact) mass is 222 g/mol. The van der Waals surface area contributed by atoms with E-state index < -0.39 is 11.9 Å². The van der Waals surface area contributed by atoms with E-state index in [2.05, 4.69) is 4.98 Å². The highest BCUT2D eigenvalue weighted by atomic mass is 16.5. The number of aromatic amines is 1. The predicted molar refractivity (Wildman–Crippen MR) is 53.2 cm³/mol. The van der Waals surface area contributed by atoms with Crippen LogP contribution >= 0.6 is 0 Å². The minimum atomic E-state index is -1.28. The van der Waals surface area contributed by atoms with Crippen molar-refractivity contribution in [2.24, 2.45) is 0 Å². The highest BCUT2D eigenvalue weighted by molar-refractivity contribution is 5.99. The first-order valence-corrected chi connectivity index (χ1v) is 4.56. The maximum Gasteiger partial charge on any atom is 0.353 e. The Kier molecular flexibility index (Phi) is 3.30. The van der Waals surface area contributed by atoms with Crippen molar-refractivity contribution in [2.45, 2.75) is 13.8 Å². The van der Waals surface area contributed by atoms with E-state index in [9.17, 15) is 9.59 Å². The van der Waals surface area contributed by atoms with Crippen LogP contribution in [0.25, 0.3) is 0 Å². The topological polar surface area (TPSA) is 103 Å². The zero-order chi connectivity index (χ0) is 12.3. The summed E-state index contributed by atoms with van der Waals surface area (Å²) in [7, 11) is 0. The van der Waals surface area contributed by atoms with E-state index in [4.69, 9.17) is 15.1 Å². The van der Waals surface area contributed by atoms with Crippen molar-refractivity contribution < 1.29 is 19.4 Å². The van der Waals surface area contributed by atoms with Crippen LogP contribution in [0.1, 0.15) is 39.0 Å². The van der Waals surface area contributed by atoms with Gasteiger partial charge in [0.15, 0.2) is 0 Å². The van der Waals surface area contributed by atoms with Crippen LogP contribution in [-0.4, -0.2) is 28.6 Å². The minimum absolute atomic E-state index is 0.0123. The van der Waals surface area contributed by atoms with E-state index in [1.54, 1.807) is 13.0 Å². The Labute approximate surface area is 91.5 Å². The standard InChI is InChI=1S/C10H10N2O4/c1-3-16-10(15)7-5(2)12-8(9(13)14)6(7)4-11/h12H,3H2,1-2H3,(H,13,14). The molecule has 0 aromatic carbocycles. The number of nitrogens with zero attached hydrogens (tertiary/aromatic N) is 1. The lowest BCUT2D eigenvalue weighted by Crippen LogP contribution is -2.07. The molecule has 0 radical (unpaired) electrons. The Balaban J connectivity index is 3.35. The Hall–Kier alpha value is -2.29. The van der Waals surface area contributed by atoms with Crippen LogP contribution in [0.15, 0.2) is 0 Å². The maximum absolute atomic E-state index is 11.5. The van der Waals surface area contributed by atoms with Gasteiger partial charge in [-0.2, -0.15) is 5.26 Å². The molecule has 0 atom stereocenters. The summed E-state index contributed by atoms with van der Waals surface area (Å²) in [5, 5.41) is 17.6. The van der Waals surface area contributed by atoms with E-state index in [1.807, 2.05) is 0 Å². The third-order valence-corrected chi connectivity index (χ3v) is 1.99. The number of esters is 1. The average molecular weight is 222 g/mol. The molecule has 16 heavy (non-hydrogen) atoms. The first-order valence-electron chi connectivity index (χ1n) is 4.56. The Morgan fingerprint density at radius 1 is 1.56 bits per heavy atom. The van der Waals surface area contributed by atoms with Crippen molar-refractivity contribution in [1.29, 1.82) is 5.26 Å². The van der Waals surface area contributed by atoms with Gasteiger partial charge in [0.2, 0.25) is 0 Å². The fourth-order valence-electron chi connectivity index (χ4n) is 1.36. The quantitative estimate of drug-likeness (QED) is 0.744. The molecule has 0 aliphatic heterocycles. The molecular formula is C10H10N2O4. The summed E-state index contributed by atoms with van der Waals surface area (Å²) < 4.78 is 4.74. The highest BCUT2D eigenvalue weighted by Gasteiger charge is 2.25. The molecule has 0 bridgehead atoms. The van der Waals surface area contributed by atoms with Crippen molar-refractivity contribution >= 4 is 11.9 Å². The lowest BCUT2D eigenvalue weighted by molar-refractivity contribution is 0.0525. The number of ether oxygens (including phenoxy) is 1. The number of hydrogen-bond donors (Lipinski definition) is 2. The molecule has 1 aromatic rings. The van der Waals surface area contributed by atoms with E-state index in [-0.39, 0.29) is 23.4 Å². The molecule has 1 aromatic heterocycles. The Morgan fingerprint density at radius 3 is 2.62 bits per heavy atom. The van der Waals surface area contributed by atoms with Crippen LogP contribution in [0.3, 0.4) is 0 Å². The smallest absolute Gasteiger partial charge is 0.353 e. The molecule has 0 aliphatic rings. The van der Waals surface area contributed by atoms with Crippen LogP contribution in [0.2, 0.25) is 0 Å². The summed E-state index contributed by atoms with van der Waals surface area (Å²) in [6, 6.07) is 1.69. The van der Waals surface area contributed by atoms with Gasteiger partial charge in [0.1, 0.15) is 11.8 Å². The van der Waals surface area contributed by atoms with E-state index in [0.29, 0.717) is 5.69 Å². The lowest BCUT2D eigenvalue weighted by Gasteiger charge is -2.00. The SMILES string of the molecule is CCOC(=O)c1c(C)[nH]c(C(=O)O)c1C#N. The zero-order valence-electron chi connectivity index (χ0n) is 8.83. The van der Waals surface area contributed by atoms with Crippen LogP contribution in [0.4, 0.5) is 0 Å². The third kappa shape index (κ3) is 1.88. The number of carbonyl (C=O) groups is 2. The van der Waals surface area contributed by atoms with E-state index in [1.165, 1.54) is 6.92 Å². The second-order valence-electron chi connectivity index (χ2n) is 3.01. The summed E-state index contributed by atoms with van der Waals surface area (Å²) in [5.74, 6) is -1.98. The van der Waals surface area contributed by atoms with Gasteiger partial charge in [0, 0.05) is 5.69 Å². The number of hydrogen-bond acceptors (Lipinski definition) is 4. The largest absolute Gasteiger partial charge is 0.477 e. The van der Waals surface area contributed by atoms with Crippen LogP contribution < -0.4 is 0 Å². The highest BCUT2D eigenvalue weighted by Crippen LogP contribution is 2.19. The minimum Gasteiger partial charge on any atom is -0.477 e. The number of rotatable bonds is 3. The van der Waals surface area contributed by atoms with E-state index in [0.717, 1.165) is 0 Å². The molecule has 0 amide bonds. The van der Waals surface area contributed by atoms with Crippen molar-refractivity contribution in [2.75, 3.05) is 6.61 Å². The number of H-pyrrole nitrogens is 1. The number of carboxylic acid groups (broad SMARTS) is 1. The van der Waals surface area contributed by atoms with Crippen LogP contribution in [0, 0.1) is 18.3 Å². The van der Waals surface area contributed by atoms with Gasteiger partial charge in [-0.05, 0) is 13.8 Å². The van der Waals surface area contributed by atoms with Gasteiger partial charge < -0.3 is 14.8 Å². The molecule has 0 saturated heterocycles. The zero-order valence-corrected chi connectivity index (χ0v) is 8.83. The molecule has 84 valence electrons.